The molecule has 1 aliphatic heterocycles. The molecule has 2 fully saturated rings. The fourth-order valence-electron chi connectivity index (χ4n) is 4.25. The summed E-state index contributed by atoms with van der Waals surface area (Å²) in [5.41, 5.74) is 1.08. The highest BCUT2D eigenvalue weighted by Gasteiger charge is 2.35. The van der Waals surface area contributed by atoms with Crippen LogP contribution < -0.4 is 5.32 Å². The number of hydrogen-bond acceptors (Lipinski definition) is 3. The predicted molar refractivity (Wildman–Crippen MR) is 98.6 cm³/mol. The van der Waals surface area contributed by atoms with Crippen LogP contribution in [-0.2, 0) is 6.54 Å². The lowest BCUT2D eigenvalue weighted by molar-refractivity contribution is 0.299. The van der Waals surface area contributed by atoms with Gasteiger partial charge in [-0.05, 0) is 36.8 Å². The van der Waals surface area contributed by atoms with Gasteiger partial charge in [0.15, 0.2) is 11.8 Å². The first kappa shape index (κ1) is 16.1. The molecule has 4 rings (SSSR count). The van der Waals surface area contributed by atoms with E-state index >= 15 is 0 Å². The third-order valence-electron chi connectivity index (χ3n) is 5.54. The van der Waals surface area contributed by atoms with Gasteiger partial charge in [0.05, 0.1) is 6.54 Å². The van der Waals surface area contributed by atoms with Crippen LogP contribution in [0, 0.1) is 11.8 Å². The van der Waals surface area contributed by atoms with E-state index in [2.05, 4.69) is 37.5 Å². The Morgan fingerprint density at radius 3 is 2.56 bits per heavy atom. The van der Waals surface area contributed by atoms with Gasteiger partial charge in [0, 0.05) is 25.8 Å². The van der Waals surface area contributed by atoms with Gasteiger partial charge in [0.2, 0.25) is 0 Å². The molecule has 2 atom stereocenters. The fraction of sp³-hybridized carbons (Fsp3) is 0.526. The Bertz CT molecular complexity index is 709. The molecule has 6 nitrogen and oxygen atoms in total. The molecule has 2 heterocycles. The van der Waals surface area contributed by atoms with Crippen LogP contribution >= 0.6 is 0 Å². The Kier molecular flexibility index (Phi) is 4.68. The lowest BCUT2D eigenvalue weighted by atomic mass is 9.82. The highest BCUT2D eigenvalue weighted by molar-refractivity contribution is 5.80. The second-order valence-corrected chi connectivity index (χ2v) is 7.06. The zero-order valence-electron chi connectivity index (χ0n) is 14.8. The predicted octanol–water partition coefficient (Wildman–Crippen LogP) is 2.46. The second-order valence-electron chi connectivity index (χ2n) is 7.06. The van der Waals surface area contributed by atoms with E-state index < -0.39 is 0 Å². The van der Waals surface area contributed by atoms with Gasteiger partial charge < -0.3 is 10.2 Å². The summed E-state index contributed by atoms with van der Waals surface area (Å²) < 4.78 is 2.02. The largest absolute Gasteiger partial charge is 0.349 e. The highest BCUT2D eigenvalue weighted by atomic mass is 15.3. The molecule has 1 aromatic heterocycles. The monoisotopic (exact) mass is 338 g/mol. The Balaban J connectivity index is 1.42. The van der Waals surface area contributed by atoms with E-state index in [0.29, 0.717) is 6.54 Å². The van der Waals surface area contributed by atoms with Crippen molar-refractivity contribution < 1.29 is 0 Å². The number of fused-ring (bicyclic) bond motifs is 1. The van der Waals surface area contributed by atoms with Crippen molar-refractivity contribution in [3.05, 3.63) is 42.5 Å². The molecule has 1 saturated heterocycles. The summed E-state index contributed by atoms with van der Waals surface area (Å²) in [4.78, 5) is 6.92. The molecular formula is C19H26N6. The Hall–Kier alpha value is -2.37. The minimum atomic E-state index is 0.618. The molecule has 0 amide bonds. The van der Waals surface area contributed by atoms with E-state index in [1.807, 2.05) is 29.8 Å². The van der Waals surface area contributed by atoms with Crippen LogP contribution in [0.1, 0.15) is 31.5 Å². The smallest absolute Gasteiger partial charge is 0.194 e. The summed E-state index contributed by atoms with van der Waals surface area (Å²) >= 11 is 0. The van der Waals surface area contributed by atoms with Gasteiger partial charge >= 0.3 is 0 Å². The summed E-state index contributed by atoms with van der Waals surface area (Å²) in [7, 11) is 1.87. The van der Waals surface area contributed by atoms with Crippen LogP contribution in [0.2, 0.25) is 0 Å². The first-order valence-electron chi connectivity index (χ1n) is 9.25. The minimum Gasteiger partial charge on any atom is -0.349 e. The van der Waals surface area contributed by atoms with Gasteiger partial charge in [-0.3, -0.25) is 9.56 Å². The third-order valence-corrected chi connectivity index (χ3v) is 5.54. The number of hydrogen-bond donors (Lipinski definition) is 1. The van der Waals surface area contributed by atoms with E-state index in [0.717, 1.165) is 42.4 Å². The molecule has 25 heavy (non-hydrogen) atoms. The normalized spacial score (nSPS) is 23.6. The fourth-order valence-corrected chi connectivity index (χ4v) is 4.25. The van der Waals surface area contributed by atoms with Crippen molar-refractivity contribution in [2.45, 2.75) is 32.2 Å². The number of likely N-dealkylation sites (tertiary alicyclic amines) is 1. The van der Waals surface area contributed by atoms with Crippen molar-refractivity contribution in [1.82, 2.24) is 25.0 Å². The topological polar surface area (TPSA) is 58.3 Å². The molecule has 2 aliphatic rings. The van der Waals surface area contributed by atoms with Gasteiger partial charge in [-0.15, -0.1) is 10.2 Å². The maximum Gasteiger partial charge on any atom is 0.194 e. The van der Waals surface area contributed by atoms with E-state index in [4.69, 9.17) is 0 Å². The lowest BCUT2D eigenvalue weighted by Gasteiger charge is -2.22. The van der Waals surface area contributed by atoms with Crippen LogP contribution in [0.4, 0.5) is 0 Å². The minimum absolute atomic E-state index is 0.618. The van der Waals surface area contributed by atoms with E-state index in [1.165, 1.54) is 25.7 Å². The van der Waals surface area contributed by atoms with Crippen LogP contribution in [0.15, 0.2) is 41.7 Å². The molecule has 1 N–H and O–H groups in total. The SMILES string of the molecule is CN=C(NCc1nncn1-c1ccccc1)N1CC2CCCCC2C1. The van der Waals surface area contributed by atoms with Gasteiger partial charge in [-0.25, -0.2) is 0 Å². The molecule has 6 heteroatoms. The molecular weight excluding hydrogens is 312 g/mol. The quantitative estimate of drug-likeness (QED) is 0.690. The van der Waals surface area contributed by atoms with Crippen molar-refractivity contribution in [3.8, 4) is 5.69 Å². The van der Waals surface area contributed by atoms with Crippen molar-refractivity contribution in [2.75, 3.05) is 20.1 Å². The number of nitrogens with one attached hydrogen (secondary N) is 1. The molecule has 2 aromatic rings. The lowest BCUT2D eigenvalue weighted by Crippen LogP contribution is -2.40. The zero-order valence-corrected chi connectivity index (χ0v) is 14.8. The summed E-state index contributed by atoms with van der Waals surface area (Å²) in [6, 6.07) is 10.2. The van der Waals surface area contributed by atoms with Gasteiger partial charge in [0.25, 0.3) is 0 Å². The molecule has 1 saturated carbocycles. The highest BCUT2D eigenvalue weighted by Crippen LogP contribution is 2.35. The molecule has 0 spiro atoms. The van der Waals surface area contributed by atoms with Crippen LogP contribution in [0.3, 0.4) is 0 Å². The van der Waals surface area contributed by atoms with Crippen LogP contribution in [-0.4, -0.2) is 45.8 Å². The molecule has 2 unspecified atom stereocenters. The average Bonchev–Trinajstić information content (AvgIpc) is 3.29. The second kappa shape index (κ2) is 7.25. The maximum absolute atomic E-state index is 4.50. The first-order valence-corrected chi connectivity index (χ1v) is 9.25. The number of para-hydroxylation sites is 1. The summed E-state index contributed by atoms with van der Waals surface area (Å²) in [6.45, 7) is 2.89. The Labute approximate surface area is 149 Å². The zero-order chi connectivity index (χ0) is 17.1. The Morgan fingerprint density at radius 1 is 1.16 bits per heavy atom. The summed E-state index contributed by atoms with van der Waals surface area (Å²) in [5.74, 6) is 3.57. The maximum atomic E-state index is 4.50. The number of guanidine groups is 1. The average molecular weight is 338 g/mol. The molecule has 0 radical (unpaired) electrons. The number of aromatic nitrogens is 3. The molecule has 132 valence electrons. The van der Waals surface area contributed by atoms with E-state index in [9.17, 15) is 0 Å². The first-order chi connectivity index (χ1) is 12.3. The van der Waals surface area contributed by atoms with Gasteiger partial charge in [-0.2, -0.15) is 0 Å². The van der Waals surface area contributed by atoms with Crippen molar-refractivity contribution in [2.24, 2.45) is 16.8 Å². The van der Waals surface area contributed by atoms with Crippen LogP contribution in [0.5, 0.6) is 0 Å². The van der Waals surface area contributed by atoms with Crippen molar-refractivity contribution in [1.29, 1.82) is 0 Å². The summed E-state index contributed by atoms with van der Waals surface area (Å²) in [6.07, 6.45) is 7.29. The number of rotatable bonds is 3. The summed E-state index contributed by atoms with van der Waals surface area (Å²) in [5, 5.41) is 11.8. The number of nitrogens with zero attached hydrogens (tertiary/aromatic N) is 5. The van der Waals surface area contributed by atoms with Crippen molar-refractivity contribution in [3.63, 3.8) is 0 Å². The van der Waals surface area contributed by atoms with E-state index in [-0.39, 0.29) is 0 Å². The molecule has 0 bridgehead atoms. The number of benzene rings is 1. The van der Waals surface area contributed by atoms with Gasteiger partial charge in [0.1, 0.15) is 6.33 Å². The standard InChI is InChI=1S/C19H26N6/c1-20-19(24-12-15-7-5-6-8-16(15)13-24)21-11-18-23-22-14-25(18)17-9-3-2-4-10-17/h2-4,9-10,14-16H,5-8,11-13H2,1H3,(H,20,21). The van der Waals surface area contributed by atoms with Crippen LogP contribution in [0.25, 0.3) is 5.69 Å². The third kappa shape index (κ3) is 3.38. The molecule has 1 aromatic carbocycles. The number of aliphatic imine (C=N–C) groups is 1. The Morgan fingerprint density at radius 2 is 1.88 bits per heavy atom. The van der Waals surface area contributed by atoms with Crippen molar-refractivity contribution >= 4 is 5.96 Å². The molecule has 1 aliphatic carbocycles. The van der Waals surface area contributed by atoms with Gasteiger partial charge in [-0.1, -0.05) is 31.0 Å². The van der Waals surface area contributed by atoms with E-state index in [1.54, 1.807) is 6.33 Å².